The summed E-state index contributed by atoms with van der Waals surface area (Å²) in [6.07, 6.45) is 0. The van der Waals surface area contributed by atoms with Crippen LogP contribution in [0.5, 0.6) is 0 Å². The van der Waals surface area contributed by atoms with Crippen molar-refractivity contribution in [1.29, 1.82) is 0 Å². The molecule has 3 unspecified atom stereocenters. The van der Waals surface area contributed by atoms with E-state index in [4.69, 9.17) is 0 Å². The summed E-state index contributed by atoms with van der Waals surface area (Å²) in [4.78, 5) is 0. The molecule has 0 amide bonds. The number of rotatable bonds is 1. The van der Waals surface area contributed by atoms with Crippen LogP contribution in [0.1, 0.15) is 41.5 Å². The van der Waals surface area contributed by atoms with E-state index in [1.807, 2.05) is 0 Å². The molecule has 0 bridgehead atoms. The van der Waals surface area contributed by atoms with E-state index in [2.05, 4.69) is 68.0 Å². The number of nitrogens with zero attached hydrogens (tertiary/aromatic N) is 1. The standard InChI is InChI=1S/C11H25N2P/c1-8-9(2,3)12-10(4,5)11(8,6)13(7)14/h8,12H,14H2,1-7H3. The van der Waals surface area contributed by atoms with Crippen LogP contribution >= 0.6 is 9.39 Å². The Morgan fingerprint density at radius 3 is 1.71 bits per heavy atom. The van der Waals surface area contributed by atoms with E-state index >= 15 is 0 Å². The highest BCUT2D eigenvalue weighted by atomic mass is 31.0. The van der Waals surface area contributed by atoms with Crippen LogP contribution in [0.3, 0.4) is 0 Å². The van der Waals surface area contributed by atoms with E-state index < -0.39 is 0 Å². The third-order valence-corrected chi connectivity index (χ3v) is 5.09. The number of hydrogen-bond acceptors (Lipinski definition) is 2. The van der Waals surface area contributed by atoms with Crippen molar-refractivity contribution in [3.63, 3.8) is 0 Å². The van der Waals surface area contributed by atoms with Crippen LogP contribution < -0.4 is 5.32 Å². The van der Waals surface area contributed by atoms with Gasteiger partial charge in [0.25, 0.3) is 0 Å². The Bertz CT molecular complexity index is 235. The Kier molecular flexibility index (Phi) is 2.81. The fourth-order valence-corrected chi connectivity index (χ4v) is 3.58. The van der Waals surface area contributed by atoms with Crippen LogP contribution in [0.2, 0.25) is 0 Å². The lowest BCUT2D eigenvalue weighted by Gasteiger charge is -2.46. The van der Waals surface area contributed by atoms with Crippen molar-refractivity contribution < 1.29 is 0 Å². The Labute approximate surface area is 91.1 Å². The minimum absolute atomic E-state index is 0.131. The maximum Gasteiger partial charge on any atom is 0.0429 e. The maximum atomic E-state index is 3.74. The van der Waals surface area contributed by atoms with Crippen molar-refractivity contribution in [2.45, 2.75) is 58.2 Å². The van der Waals surface area contributed by atoms with Crippen LogP contribution in [0.25, 0.3) is 0 Å². The van der Waals surface area contributed by atoms with E-state index in [1.54, 1.807) is 0 Å². The van der Waals surface area contributed by atoms with Crippen LogP contribution in [-0.2, 0) is 0 Å². The number of hydrogen-bond donors (Lipinski definition) is 1. The molecule has 0 radical (unpaired) electrons. The van der Waals surface area contributed by atoms with E-state index in [-0.39, 0.29) is 16.6 Å². The second-order valence-corrected chi connectivity index (χ2v) is 6.73. The van der Waals surface area contributed by atoms with Crippen LogP contribution in [0.15, 0.2) is 0 Å². The molecule has 1 fully saturated rings. The molecule has 1 heterocycles. The fraction of sp³-hybridized carbons (Fsp3) is 1.00. The van der Waals surface area contributed by atoms with Crippen molar-refractivity contribution in [3.8, 4) is 0 Å². The zero-order valence-electron chi connectivity index (χ0n) is 10.6. The van der Waals surface area contributed by atoms with E-state index in [1.165, 1.54) is 0 Å². The average Bonchev–Trinajstić information content (AvgIpc) is 2.08. The van der Waals surface area contributed by atoms with E-state index in [0.717, 1.165) is 0 Å². The summed E-state index contributed by atoms with van der Waals surface area (Å²) >= 11 is 0. The second kappa shape index (κ2) is 3.17. The van der Waals surface area contributed by atoms with Crippen molar-refractivity contribution in [2.75, 3.05) is 7.05 Å². The summed E-state index contributed by atoms with van der Waals surface area (Å²) in [5.41, 5.74) is 0.497. The van der Waals surface area contributed by atoms with Crippen LogP contribution in [0.4, 0.5) is 0 Å². The van der Waals surface area contributed by atoms with Crippen molar-refractivity contribution in [2.24, 2.45) is 5.92 Å². The highest BCUT2D eigenvalue weighted by molar-refractivity contribution is 7.13. The SMILES string of the molecule is CC1C(C)(C)NC(C)(C)C1(C)N(C)P. The first kappa shape index (κ1) is 12.4. The smallest absolute Gasteiger partial charge is 0.0429 e. The van der Waals surface area contributed by atoms with Gasteiger partial charge in [-0.15, -0.1) is 0 Å². The summed E-state index contributed by atoms with van der Waals surface area (Å²) in [6, 6.07) is 0. The summed E-state index contributed by atoms with van der Waals surface area (Å²) < 4.78 is 2.28. The topological polar surface area (TPSA) is 15.3 Å². The molecule has 3 heteroatoms. The molecule has 0 aromatic carbocycles. The lowest BCUT2D eigenvalue weighted by atomic mass is 9.73. The lowest BCUT2D eigenvalue weighted by molar-refractivity contribution is 0.124. The van der Waals surface area contributed by atoms with Gasteiger partial charge in [-0.05, 0) is 47.6 Å². The van der Waals surface area contributed by atoms with Gasteiger partial charge in [0.05, 0.1) is 0 Å². The molecule has 0 spiro atoms. The Hall–Kier alpha value is 0.350. The third-order valence-electron chi connectivity index (χ3n) is 4.56. The number of nitrogens with one attached hydrogen (secondary N) is 1. The highest BCUT2D eigenvalue weighted by Crippen LogP contribution is 2.48. The monoisotopic (exact) mass is 216 g/mol. The predicted molar refractivity (Wildman–Crippen MR) is 66.3 cm³/mol. The molecule has 1 aliphatic heterocycles. The summed E-state index contributed by atoms with van der Waals surface area (Å²) in [5, 5.41) is 3.74. The van der Waals surface area contributed by atoms with Crippen LogP contribution in [0, 0.1) is 5.92 Å². The zero-order valence-corrected chi connectivity index (χ0v) is 11.8. The second-order valence-electron chi connectivity index (χ2n) is 5.95. The molecular formula is C11H25N2P. The van der Waals surface area contributed by atoms with Gasteiger partial charge < -0.3 is 5.32 Å². The van der Waals surface area contributed by atoms with Gasteiger partial charge in [-0.1, -0.05) is 16.3 Å². The number of likely N-dealkylation sites (N-methyl/N-ethyl adjacent to an activating group) is 1. The molecule has 1 aliphatic rings. The van der Waals surface area contributed by atoms with E-state index in [0.29, 0.717) is 5.92 Å². The molecule has 0 aromatic heterocycles. The van der Waals surface area contributed by atoms with E-state index in [9.17, 15) is 0 Å². The fourth-order valence-electron chi connectivity index (χ4n) is 3.03. The van der Waals surface area contributed by atoms with Gasteiger partial charge in [0.15, 0.2) is 0 Å². The largest absolute Gasteiger partial charge is 0.305 e. The average molecular weight is 216 g/mol. The molecule has 2 nitrogen and oxygen atoms in total. The predicted octanol–water partition coefficient (Wildman–Crippen LogP) is 2.26. The molecule has 14 heavy (non-hydrogen) atoms. The quantitative estimate of drug-likeness (QED) is 0.676. The third kappa shape index (κ3) is 1.43. The summed E-state index contributed by atoms with van der Waals surface area (Å²) in [5.74, 6) is 0.604. The Balaban J connectivity index is 3.17. The Morgan fingerprint density at radius 2 is 1.57 bits per heavy atom. The summed E-state index contributed by atoms with van der Waals surface area (Å²) in [7, 11) is 4.97. The molecule has 0 aliphatic carbocycles. The van der Waals surface area contributed by atoms with Gasteiger partial charge in [-0.3, -0.25) is 4.67 Å². The molecular weight excluding hydrogens is 191 g/mol. The molecule has 1 saturated heterocycles. The molecule has 0 aromatic rings. The Morgan fingerprint density at radius 1 is 1.14 bits per heavy atom. The van der Waals surface area contributed by atoms with Crippen molar-refractivity contribution in [3.05, 3.63) is 0 Å². The molecule has 84 valence electrons. The van der Waals surface area contributed by atoms with Crippen LogP contribution in [-0.4, -0.2) is 28.3 Å². The minimum atomic E-state index is 0.131. The first-order valence-corrected chi connectivity index (χ1v) is 5.85. The van der Waals surface area contributed by atoms with Gasteiger partial charge in [0.1, 0.15) is 0 Å². The molecule has 1 rings (SSSR count). The maximum absolute atomic E-state index is 3.74. The van der Waals surface area contributed by atoms with Gasteiger partial charge in [0.2, 0.25) is 0 Å². The minimum Gasteiger partial charge on any atom is -0.305 e. The van der Waals surface area contributed by atoms with Gasteiger partial charge in [-0.25, -0.2) is 0 Å². The molecule has 3 atom stereocenters. The van der Waals surface area contributed by atoms with Gasteiger partial charge in [-0.2, -0.15) is 0 Å². The normalized spacial score (nSPS) is 40.5. The van der Waals surface area contributed by atoms with Gasteiger partial charge >= 0.3 is 0 Å². The summed E-state index contributed by atoms with van der Waals surface area (Å²) in [6.45, 7) is 13.8. The highest BCUT2D eigenvalue weighted by Gasteiger charge is 2.59. The van der Waals surface area contributed by atoms with Crippen molar-refractivity contribution in [1.82, 2.24) is 9.99 Å². The van der Waals surface area contributed by atoms with Crippen molar-refractivity contribution >= 4 is 9.39 Å². The zero-order chi connectivity index (χ0) is 11.4. The van der Waals surface area contributed by atoms with Gasteiger partial charge in [0, 0.05) is 16.6 Å². The lowest BCUT2D eigenvalue weighted by Crippen LogP contribution is -2.58. The molecule has 0 saturated carbocycles. The first-order chi connectivity index (χ1) is 6.06. The molecule has 1 N–H and O–H groups in total. The first-order valence-electron chi connectivity index (χ1n) is 5.33.